The number of ether oxygens (including phenoxy) is 1. The maximum atomic E-state index is 12.4. The first kappa shape index (κ1) is 20.0. The lowest BCUT2D eigenvalue weighted by Crippen LogP contribution is -2.37. The van der Waals surface area contributed by atoms with Gasteiger partial charge in [0.25, 0.3) is 5.91 Å². The molecule has 6 nitrogen and oxygen atoms in total. The van der Waals surface area contributed by atoms with E-state index in [-0.39, 0.29) is 35.3 Å². The first-order chi connectivity index (χ1) is 13.9. The molecule has 2 aliphatic heterocycles. The quantitative estimate of drug-likeness (QED) is 0.726. The van der Waals surface area contributed by atoms with Gasteiger partial charge < -0.3 is 9.64 Å². The standard InChI is InChI=1S/C21H22N2O4S2/c1-15-7-9-16(10-8-15)11-23-18-13-29(25,26)14-19(18)28-21(23)22-20(24)12-27-17-5-3-2-4-6-17/h2-10,18-19H,11-14H2,1H3/t18-,19-/m0/s1. The number of aliphatic imine (C=N–C) groups is 1. The molecule has 1 amide bonds. The van der Waals surface area contributed by atoms with E-state index in [0.717, 1.165) is 11.1 Å². The monoisotopic (exact) mass is 430 g/mol. The molecule has 0 spiro atoms. The summed E-state index contributed by atoms with van der Waals surface area (Å²) in [5.74, 6) is 0.456. The number of sulfone groups is 1. The zero-order valence-corrected chi connectivity index (χ0v) is 17.7. The second kappa shape index (κ2) is 8.20. The summed E-state index contributed by atoms with van der Waals surface area (Å²) in [6, 6.07) is 17.0. The number of carbonyl (C=O) groups is 1. The van der Waals surface area contributed by atoms with Crippen LogP contribution in [0.5, 0.6) is 5.75 Å². The van der Waals surface area contributed by atoms with Crippen molar-refractivity contribution in [3.8, 4) is 5.75 Å². The minimum absolute atomic E-state index is 0.0907. The lowest BCUT2D eigenvalue weighted by Gasteiger charge is -2.24. The first-order valence-electron chi connectivity index (χ1n) is 9.38. The smallest absolute Gasteiger partial charge is 0.285 e. The van der Waals surface area contributed by atoms with Gasteiger partial charge in [-0.3, -0.25) is 4.79 Å². The zero-order valence-electron chi connectivity index (χ0n) is 16.0. The molecule has 4 rings (SSSR count). The number of rotatable bonds is 5. The molecule has 29 heavy (non-hydrogen) atoms. The van der Waals surface area contributed by atoms with Gasteiger partial charge in [0.2, 0.25) is 0 Å². The van der Waals surface area contributed by atoms with Crippen molar-refractivity contribution in [3.05, 3.63) is 65.7 Å². The molecule has 0 unspecified atom stereocenters. The molecule has 2 aromatic carbocycles. The third kappa shape index (κ3) is 4.82. The number of hydrogen-bond acceptors (Lipinski definition) is 5. The van der Waals surface area contributed by atoms with E-state index in [0.29, 0.717) is 17.5 Å². The Kier molecular flexibility index (Phi) is 5.65. The van der Waals surface area contributed by atoms with Crippen LogP contribution in [-0.4, -0.2) is 53.8 Å². The van der Waals surface area contributed by atoms with Crippen LogP contribution in [0.1, 0.15) is 11.1 Å². The van der Waals surface area contributed by atoms with Crippen LogP contribution in [0, 0.1) is 6.92 Å². The Bertz CT molecular complexity index is 1020. The van der Waals surface area contributed by atoms with Crippen molar-refractivity contribution in [2.75, 3.05) is 18.1 Å². The van der Waals surface area contributed by atoms with Gasteiger partial charge >= 0.3 is 0 Å². The summed E-state index contributed by atoms with van der Waals surface area (Å²) in [6.45, 7) is 2.39. The largest absolute Gasteiger partial charge is 0.484 e. The van der Waals surface area contributed by atoms with E-state index in [1.54, 1.807) is 12.1 Å². The Morgan fingerprint density at radius 2 is 1.86 bits per heavy atom. The second-order valence-electron chi connectivity index (χ2n) is 7.30. The molecular weight excluding hydrogens is 408 g/mol. The van der Waals surface area contributed by atoms with Crippen LogP contribution >= 0.6 is 11.8 Å². The molecule has 2 heterocycles. The van der Waals surface area contributed by atoms with Crippen LogP contribution in [0.4, 0.5) is 0 Å². The summed E-state index contributed by atoms with van der Waals surface area (Å²) in [7, 11) is -3.06. The van der Waals surface area contributed by atoms with E-state index in [1.165, 1.54) is 11.8 Å². The molecule has 0 saturated carbocycles. The van der Waals surface area contributed by atoms with Gasteiger partial charge in [0.05, 0.1) is 17.5 Å². The molecule has 0 aliphatic carbocycles. The third-order valence-corrected chi connectivity index (χ3v) is 8.22. The first-order valence-corrected chi connectivity index (χ1v) is 12.1. The van der Waals surface area contributed by atoms with E-state index in [2.05, 4.69) is 4.99 Å². The van der Waals surface area contributed by atoms with E-state index in [9.17, 15) is 13.2 Å². The van der Waals surface area contributed by atoms with Crippen molar-refractivity contribution in [3.63, 3.8) is 0 Å². The van der Waals surface area contributed by atoms with Gasteiger partial charge in [0, 0.05) is 11.8 Å². The number of benzene rings is 2. The summed E-state index contributed by atoms with van der Waals surface area (Å²) in [5.41, 5.74) is 2.22. The van der Waals surface area contributed by atoms with Crippen LogP contribution in [0.15, 0.2) is 59.6 Å². The van der Waals surface area contributed by atoms with E-state index >= 15 is 0 Å². The van der Waals surface area contributed by atoms with Crippen LogP contribution in [-0.2, 0) is 21.2 Å². The van der Waals surface area contributed by atoms with Gasteiger partial charge in [0.15, 0.2) is 21.6 Å². The fraction of sp³-hybridized carbons (Fsp3) is 0.333. The average Bonchev–Trinajstić information content (AvgIpc) is 3.15. The maximum Gasteiger partial charge on any atom is 0.285 e. The number of carbonyl (C=O) groups excluding carboxylic acids is 1. The Morgan fingerprint density at radius 3 is 2.59 bits per heavy atom. The lowest BCUT2D eigenvalue weighted by atomic mass is 10.1. The molecular formula is C21H22N2O4S2. The summed E-state index contributed by atoms with van der Waals surface area (Å²) in [6.07, 6.45) is 0. The fourth-order valence-electron chi connectivity index (χ4n) is 3.51. The minimum atomic E-state index is -3.06. The predicted octanol–water partition coefficient (Wildman–Crippen LogP) is 2.67. The maximum absolute atomic E-state index is 12.4. The number of hydrogen-bond donors (Lipinski definition) is 0. The van der Waals surface area contributed by atoms with Gasteiger partial charge in [-0.2, -0.15) is 4.99 Å². The van der Waals surface area contributed by atoms with E-state index < -0.39 is 9.84 Å². The van der Waals surface area contributed by atoms with Crippen LogP contribution < -0.4 is 4.74 Å². The number of amidine groups is 1. The summed E-state index contributed by atoms with van der Waals surface area (Å²) < 4.78 is 29.7. The Balaban J connectivity index is 1.51. The molecule has 2 aromatic rings. The Morgan fingerprint density at radius 1 is 1.14 bits per heavy atom. The molecule has 0 bridgehead atoms. The molecule has 152 valence electrons. The van der Waals surface area contributed by atoms with Crippen molar-refractivity contribution in [1.29, 1.82) is 0 Å². The SMILES string of the molecule is Cc1ccc(CN2C(=NC(=O)COc3ccccc3)S[C@H]3CS(=O)(=O)C[C@@H]32)cc1. The molecule has 2 atom stereocenters. The molecule has 0 N–H and O–H groups in total. The lowest BCUT2D eigenvalue weighted by molar-refractivity contribution is -0.119. The summed E-state index contributed by atoms with van der Waals surface area (Å²) >= 11 is 1.38. The summed E-state index contributed by atoms with van der Waals surface area (Å²) in [5, 5.41) is 0.490. The Labute approximate surface area is 174 Å². The fourth-order valence-corrected chi connectivity index (χ4v) is 7.48. The molecule has 8 heteroatoms. The normalized spacial score (nSPS) is 23.9. The number of fused-ring (bicyclic) bond motifs is 1. The van der Waals surface area contributed by atoms with Crippen molar-refractivity contribution >= 4 is 32.7 Å². The molecule has 0 aromatic heterocycles. The number of para-hydroxylation sites is 1. The Hall–Kier alpha value is -2.32. The van der Waals surface area contributed by atoms with Crippen molar-refractivity contribution in [2.24, 2.45) is 4.99 Å². The zero-order chi connectivity index (χ0) is 20.4. The highest BCUT2D eigenvalue weighted by Crippen LogP contribution is 2.39. The minimum Gasteiger partial charge on any atom is -0.484 e. The van der Waals surface area contributed by atoms with Gasteiger partial charge in [-0.05, 0) is 24.6 Å². The van der Waals surface area contributed by atoms with E-state index in [4.69, 9.17) is 4.74 Å². The highest BCUT2D eigenvalue weighted by Gasteiger charge is 2.48. The van der Waals surface area contributed by atoms with Gasteiger partial charge in [-0.1, -0.05) is 59.8 Å². The van der Waals surface area contributed by atoms with Crippen molar-refractivity contribution in [2.45, 2.75) is 24.8 Å². The van der Waals surface area contributed by atoms with Crippen LogP contribution in [0.2, 0.25) is 0 Å². The van der Waals surface area contributed by atoms with Crippen molar-refractivity contribution < 1.29 is 17.9 Å². The number of amides is 1. The third-order valence-electron chi connectivity index (χ3n) is 4.97. The van der Waals surface area contributed by atoms with Crippen LogP contribution in [0.3, 0.4) is 0 Å². The molecule has 2 fully saturated rings. The van der Waals surface area contributed by atoms with E-state index in [1.807, 2.05) is 54.3 Å². The van der Waals surface area contributed by atoms with Crippen LogP contribution in [0.25, 0.3) is 0 Å². The average molecular weight is 431 g/mol. The topological polar surface area (TPSA) is 76.0 Å². The second-order valence-corrected chi connectivity index (χ2v) is 10.7. The van der Waals surface area contributed by atoms with Gasteiger partial charge in [0.1, 0.15) is 5.75 Å². The predicted molar refractivity (Wildman–Crippen MR) is 115 cm³/mol. The number of nitrogens with zero attached hydrogens (tertiary/aromatic N) is 2. The molecule has 2 aliphatic rings. The number of aryl methyl sites for hydroxylation is 1. The molecule has 0 radical (unpaired) electrons. The van der Waals surface area contributed by atoms with Gasteiger partial charge in [-0.25, -0.2) is 8.42 Å². The van der Waals surface area contributed by atoms with Crippen molar-refractivity contribution in [1.82, 2.24) is 4.90 Å². The number of thioether (sulfide) groups is 1. The highest BCUT2D eigenvalue weighted by molar-refractivity contribution is 8.15. The highest BCUT2D eigenvalue weighted by atomic mass is 32.2. The summed E-state index contributed by atoms with van der Waals surface area (Å²) in [4.78, 5) is 18.6. The van der Waals surface area contributed by atoms with Gasteiger partial charge in [-0.15, -0.1) is 0 Å². The molecule has 2 saturated heterocycles.